The van der Waals surface area contributed by atoms with Gasteiger partial charge in [0.15, 0.2) is 11.5 Å². The van der Waals surface area contributed by atoms with E-state index >= 15 is 0 Å². The molecule has 0 saturated carbocycles. The minimum absolute atomic E-state index is 0.0202. The zero-order valence-corrected chi connectivity index (χ0v) is 12.8. The lowest BCUT2D eigenvalue weighted by atomic mass is 9.95. The summed E-state index contributed by atoms with van der Waals surface area (Å²) in [5.74, 6) is 0.821. The van der Waals surface area contributed by atoms with Crippen LogP contribution in [0.3, 0.4) is 0 Å². The fraction of sp³-hybridized carbons (Fsp3) is 0.467. The molecule has 1 saturated heterocycles. The van der Waals surface area contributed by atoms with E-state index in [2.05, 4.69) is 28.6 Å². The predicted molar refractivity (Wildman–Crippen MR) is 80.6 cm³/mol. The maximum Gasteiger partial charge on any atom is 0.276 e. The second-order valence-corrected chi connectivity index (χ2v) is 6.69. The monoisotopic (exact) mass is 303 g/mol. The number of amides is 1. The van der Waals surface area contributed by atoms with Crippen molar-refractivity contribution in [3.05, 3.63) is 27.6 Å². The van der Waals surface area contributed by atoms with Crippen molar-refractivity contribution in [2.75, 3.05) is 33.2 Å². The van der Waals surface area contributed by atoms with Crippen molar-refractivity contribution in [3.63, 3.8) is 0 Å². The first kappa shape index (κ1) is 13.0. The first-order chi connectivity index (χ1) is 10.2. The van der Waals surface area contributed by atoms with Crippen LogP contribution in [0, 0.1) is 0 Å². The zero-order chi connectivity index (χ0) is 14.4. The molecule has 0 radical (unpaired) electrons. The Labute approximate surface area is 127 Å². The van der Waals surface area contributed by atoms with Crippen molar-refractivity contribution in [1.29, 1.82) is 0 Å². The number of carbonyl (C=O) groups excluding carboxylic acids is 1. The standard InChI is InChI=1S/C15H17N3O2S/c1-17-5-7-18(8-6-17)15(19)13-11-2-3-12-10(4-9-21-12)14(11)20-16-13/h4,9H,2-3,5-8H2,1H3. The van der Waals surface area contributed by atoms with E-state index in [-0.39, 0.29) is 5.91 Å². The Bertz CT molecular complexity index is 683. The van der Waals surface area contributed by atoms with Gasteiger partial charge in [0.2, 0.25) is 0 Å². The van der Waals surface area contributed by atoms with Gasteiger partial charge in [-0.2, -0.15) is 0 Å². The van der Waals surface area contributed by atoms with E-state index in [1.807, 2.05) is 4.90 Å². The van der Waals surface area contributed by atoms with Crippen LogP contribution in [0.2, 0.25) is 0 Å². The summed E-state index contributed by atoms with van der Waals surface area (Å²) in [5, 5.41) is 6.17. The maximum absolute atomic E-state index is 12.7. The normalized spacial score (nSPS) is 18.4. The van der Waals surface area contributed by atoms with Gasteiger partial charge in [0.1, 0.15) is 0 Å². The molecule has 5 nitrogen and oxygen atoms in total. The number of rotatable bonds is 1. The van der Waals surface area contributed by atoms with Gasteiger partial charge in [0, 0.05) is 42.2 Å². The minimum Gasteiger partial charge on any atom is -0.355 e. The number of fused-ring (bicyclic) bond motifs is 3. The van der Waals surface area contributed by atoms with Gasteiger partial charge in [-0.25, -0.2) is 0 Å². The summed E-state index contributed by atoms with van der Waals surface area (Å²) in [6, 6.07) is 2.06. The first-order valence-corrected chi connectivity index (χ1v) is 8.15. The van der Waals surface area contributed by atoms with Crippen molar-refractivity contribution in [2.24, 2.45) is 0 Å². The fourth-order valence-corrected chi connectivity index (χ4v) is 3.93. The van der Waals surface area contributed by atoms with E-state index in [1.165, 1.54) is 4.88 Å². The van der Waals surface area contributed by atoms with Crippen molar-refractivity contribution < 1.29 is 9.32 Å². The van der Waals surface area contributed by atoms with Gasteiger partial charge in [-0.3, -0.25) is 4.79 Å². The topological polar surface area (TPSA) is 49.6 Å². The van der Waals surface area contributed by atoms with E-state index in [1.54, 1.807) is 11.3 Å². The van der Waals surface area contributed by atoms with E-state index in [0.29, 0.717) is 5.69 Å². The van der Waals surface area contributed by atoms with Crippen LogP contribution in [0.25, 0.3) is 11.3 Å². The number of nitrogens with zero attached hydrogens (tertiary/aromatic N) is 3. The summed E-state index contributed by atoms with van der Waals surface area (Å²) in [4.78, 5) is 18.1. The van der Waals surface area contributed by atoms with Crippen LogP contribution in [0.15, 0.2) is 16.0 Å². The van der Waals surface area contributed by atoms with E-state index < -0.39 is 0 Å². The van der Waals surface area contributed by atoms with Crippen LogP contribution >= 0.6 is 11.3 Å². The molecule has 2 aromatic rings. The smallest absolute Gasteiger partial charge is 0.276 e. The Morgan fingerprint density at radius 3 is 2.90 bits per heavy atom. The highest BCUT2D eigenvalue weighted by molar-refractivity contribution is 7.10. The van der Waals surface area contributed by atoms with Crippen molar-refractivity contribution in [1.82, 2.24) is 15.0 Å². The minimum atomic E-state index is 0.0202. The summed E-state index contributed by atoms with van der Waals surface area (Å²) in [5.41, 5.74) is 2.63. The lowest BCUT2D eigenvalue weighted by Crippen LogP contribution is -2.47. The number of aromatic nitrogens is 1. The Kier molecular flexibility index (Phi) is 3.08. The highest BCUT2D eigenvalue weighted by Crippen LogP contribution is 2.38. The van der Waals surface area contributed by atoms with Crippen LogP contribution in [0.5, 0.6) is 0 Å². The van der Waals surface area contributed by atoms with Gasteiger partial charge in [-0.15, -0.1) is 11.3 Å². The maximum atomic E-state index is 12.7. The predicted octanol–water partition coefficient (Wildman–Crippen LogP) is 1.89. The number of likely N-dealkylation sites (N-methyl/N-ethyl adjacent to an activating group) is 1. The van der Waals surface area contributed by atoms with Crippen LogP contribution in [-0.2, 0) is 12.8 Å². The number of aryl methyl sites for hydroxylation is 1. The molecule has 1 aliphatic carbocycles. The van der Waals surface area contributed by atoms with Gasteiger partial charge in [-0.05, 0) is 31.3 Å². The number of carbonyl (C=O) groups is 1. The molecule has 2 aliphatic rings. The van der Waals surface area contributed by atoms with E-state index in [0.717, 1.165) is 55.9 Å². The summed E-state index contributed by atoms with van der Waals surface area (Å²) >= 11 is 1.75. The third-order valence-electron chi connectivity index (χ3n) is 4.37. The number of hydrogen-bond donors (Lipinski definition) is 0. The molecular formula is C15H17N3O2S. The molecule has 0 spiro atoms. The van der Waals surface area contributed by atoms with Gasteiger partial charge in [0.05, 0.1) is 0 Å². The van der Waals surface area contributed by atoms with E-state index in [4.69, 9.17) is 4.52 Å². The molecule has 0 N–H and O–H groups in total. The molecule has 21 heavy (non-hydrogen) atoms. The van der Waals surface area contributed by atoms with Gasteiger partial charge in [-0.1, -0.05) is 5.16 Å². The summed E-state index contributed by atoms with van der Waals surface area (Å²) in [6.45, 7) is 3.36. The van der Waals surface area contributed by atoms with Crippen molar-refractivity contribution >= 4 is 17.2 Å². The van der Waals surface area contributed by atoms with Crippen LogP contribution in [0.1, 0.15) is 20.9 Å². The van der Waals surface area contributed by atoms with Crippen LogP contribution < -0.4 is 0 Å². The molecular weight excluding hydrogens is 286 g/mol. The molecule has 0 bridgehead atoms. The lowest BCUT2D eigenvalue weighted by molar-refractivity contribution is 0.0653. The third-order valence-corrected chi connectivity index (χ3v) is 5.35. The summed E-state index contributed by atoms with van der Waals surface area (Å²) < 4.78 is 5.50. The Morgan fingerprint density at radius 1 is 1.29 bits per heavy atom. The Hall–Kier alpha value is -1.66. The molecule has 1 fully saturated rings. The fourth-order valence-electron chi connectivity index (χ4n) is 3.06. The van der Waals surface area contributed by atoms with Gasteiger partial charge in [0.25, 0.3) is 5.91 Å². The molecule has 0 aromatic carbocycles. The van der Waals surface area contributed by atoms with E-state index in [9.17, 15) is 4.79 Å². The van der Waals surface area contributed by atoms with Crippen LogP contribution in [-0.4, -0.2) is 54.1 Å². The SMILES string of the molecule is CN1CCN(C(=O)c2noc3c2CCc2sccc2-3)CC1. The molecule has 0 unspecified atom stereocenters. The first-order valence-electron chi connectivity index (χ1n) is 7.27. The lowest BCUT2D eigenvalue weighted by Gasteiger charge is -2.32. The second kappa shape index (κ2) is 4.96. The summed E-state index contributed by atoms with van der Waals surface area (Å²) in [7, 11) is 2.08. The van der Waals surface area contributed by atoms with Crippen molar-refractivity contribution in [2.45, 2.75) is 12.8 Å². The Balaban J connectivity index is 1.64. The molecule has 4 rings (SSSR count). The largest absolute Gasteiger partial charge is 0.355 e. The average molecular weight is 303 g/mol. The molecule has 1 aliphatic heterocycles. The number of hydrogen-bond acceptors (Lipinski definition) is 5. The quantitative estimate of drug-likeness (QED) is 0.807. The number of piperazine rings is 1. The van der Waals surface area contributed by atoms with Crippen molar-refractivity contribution in [3.8, 4) is 11.3 Å². The van der Waals surface area contributed by atoms with Crippen LogP contribution in [0.4, 0.5) is 0 Å². The molecule has 2 aromatic heterocycles. The molecule has 6 heteroatoms. The highest BCUT2D eigenvalue weighted by atomic mass is 32.1. The van der Waals surface area contributed by atoms with Gasteiger partial charge >= 0.3 is 0 Å². The third kappa shape index (κ3) is 2.10. The highest BCUT2D eigenvalue weighted by Gasteiger charge is 2.31. The van der Waals surface area contributed by atoms with Gasteiger partial charge < -0.3 is 14.3 Å². The Morgan fingerprint density at radius 2 is 2.10 bits per heavy atom. The molecule has 1 amide bonds. The molecule has 0 atom stereocenters. The zero-order valence-electron chi connectivity index (χ0n) is 12.0. The molecule has 110 valence electrons. The summed E-state index contributed by atoms with van der Waals surface area (Å²) in [6.07, 6.45) is 1.82. The average Bonchev–Trinajstić information content (AvgIpc) is 3.13. The second-order valence-electron chi connectivity index (χ2n) is 5.69. The molecule has 3 heterocycles. The number of thiophene rings is 1.